The Labute approximate surface area is 117 Å². The molecule has 0 saturated heterocycles. The molecule has 0 unspecified atom stereocenters. The molecule has 0 amide bonds. The summed E-state index contributed by atoms with van der Waals surface area (Å²) in [6.45, 7) is 0. The van der Waals surface area contributed by atoms with Gasteiger partial charge in [-0.2, -0.15) is 0 Å². The van der Waals surface area contributed by atoms with Crippen molar-refractivity contribution in [1.29, 1.82) is 0 Å². The van der Waals surface area contributed by atoms with Crippen LogP contribution in [0.3, 0.4) is 0 Å². The first kappa shape index (κ1) is 13.7. The third kappa shape index (κ3) is 2.67. The van der Waals surface area contributed by atoms with E-state index in [0.717, 1.165) is 12.1 Å². The third-order valence-corrected chi connectivity index (χ3v) is 3.00. The van der Waals surface area contributed by atoms with Gasteiger partial charge in [-0.25, -0.2) is 8.78 Å². The highest BCUT2D eigenvalue weighted by Gasteiger charge is 2.17. The summed E-state index contributed by atoms with van der Waals surface area (Å²) in [7, 11) is 0. The topological polar surface area (TPSA) is 61.3 Å². The highest BCUT2D eigenvalue weighted by atomic mass is 35.5. The van der Waals surface area contributed by atoms with E-state index in [1.54, 1.807) is 0 Å². The van der Waals surface area contributed by atoms with Crippen molar-refractivity contribution in [2.75, 3.05) is 11.5 Å². The zero-order valence-electron chi connectivity index (χ0n) is 9.38. The summed E-state index contributed by atoms with van der Waals surface area (Å²) in [5.41, 5.74) is 11.0. The Morgan fingerprint density at radius 1 is 1.00 bits per heavy atom. The lowest BCUT2D eigenvalue weighted by atomic mass is 10.2. The number of nitrogens with two attached hydrogens (primary N) is 2. The molecular weight excluding hydrogens is 297 g/mol. The van der Waals surface area contributed by atoms with Crippen molar-refractivity contribution in [3.8, 4) is 11.5 Å². The van der Waals surface area contributed by atoms with E-state index in [1.165, 1.54) is 12.1 Å². The molecule has 0 aromatic heterocycles. The Morgan fingerprint density at radius 2 is 1.68 bits per heavy atom. The van der Waals surface area contributed by atoms with E-state index in [1.807, 2.05) is 0 Å². The van der Waals surface area contributed by atoms with Crippen LogP contribution >= 0.6 is 23.2 Å². The zero-order chi connectivity index (χ0) is 14.2. The lowest BCUT2D eigenvalue weighted by Gasteiger charge is -2.12. The van der Waals surface area contributed by atoms with Crippen molar-refractivity contribution in [2.45, 2.75) is 0 Å². The van der Waals surface area contributed by atoms with E-state index in [9.17, 15) is 8.78 Å². The second-order valence-electron chi connectivity index (χ2n) is 3.69. The summed E-state index contributed by atoms with van der Waals surface area (Å²) < 4.78 is 32.0. The van der Waals surface area contributed by atoms with E-state index >= 15 is 0 Å². The van der Waals surface area contributed by atoms with E-state index in [4.69, 9.17) is 39.4 Å². The van der Waals surface area contributed by atoms with Crippen molar-refractivity contribution in [2.24, 2.45) is 0 Å². The van der Waals surface area contributed by atoms with Crippen molar-refractivity contribution in [1.82, 2.24) is 0 Å². The molecule has 0 atom stereocenters. The molecule has 0 aliphatic rings. The minimum absolute atomic E-state index is 0.00535. The number of anilines is 2. The van der Waals surface area contributed by atoms with Crippen molar-refractivity contribution < 1.29 is 13.5 Å². The monoisotopic (exact) mass is 304 g/mol. The number of halogens is 4. The van der Waals surface area contributed by atoms with Gasteiger partial charge in [-0.15, -0.1) is 0 Å². The maximum absolute atomic E-state index is 13.9. The van der Waals surface area contributed by atoms with E-state index in [0.29, 0.717) is 0 Å². The largest absolute Gasteiger partial charge is 0.450 e. The molecule has 2 rings (SSSR count). The van der Waals surface area contributed by atoms with Crippen LogP contribution in [0.5, 0.6) is 11.5 Å². The number of nitrogen functional groups attached to an aromatic ring is 2. The fourth-order valence-corrected chi connectivity index (χ4v) is 1.77. The first-order valence-electron chi connectivity index (χ1n) is 5.06. The summed E-state index contributed by atoms with van der Waals surface area (Å²) >= 11 is 11.4. The smallest absolute Gasteiger partial charge is 0.188 e. The van der Waals surface area contributed by atoms with Crippen LogP contribution < -0.4 is 16.2 Å². The number of ether oxygens (including phenoxy) is 1. The van der Waals surface area contributed by atoms with Gasteiger partial charge in [0.15, 0.2) is 11.6 Å². The second kappa shape index (κ2) is 5.11. The van der Waals surface area contributed by atoms with Crippen molar-refractivity contribution in [3.63, 3.8) is 0 Å². The van der Waals surface area contributed by atoms with Gasteiger partial charge in [0.05, 0.1) is 16.4 Å². The van der Waals surface area contributed by atoms with Gasteiger partial charge in [-0.3, -0.25) is 0 Å². The van der Waals surface area contributed by atoms with Gasteiger partial charge in [0.2, 0.25) is 0 Å². The summed E-state index contributed by atoms with van der Waals surface area (Å²) in [4.78, 5) is 0. The molecule has 2 aromatic carbocycles. The first-order valence-corrected chi connectivity index (χ1v) is 5.81. The molecule has 4 N–H and O–H groups in total. The molecule has 0 aliphatic heterocycles. The Hall–Kier alpha value is -1.72. The van der Waals surface area contributed by atoms with Crippen LogP contribution in [0.15, 0.2) is 24.3 Å². The summed E-state index contributed by atoms with van der Waals surface area (Å²) in [5.74, 6) is -1.71. The lowest BCUT2D eigenvalue weighted by Crippen LogP contribution is -2.00. The normalized spacial score (nSPS) is 10.5. The van der Waals surface area contributed by atoms with Gasteiger partial charge >= 0.3 is 0 Å². The molecule has 3 nitrogen and oxygen atoms in total. The predicted octanol–water partition coefficient (Wildman–Crippen LogP) is 4.23. The molecule has 0 spiro atoms. The number of hydrogen-bond acceptors (Lipinski definition) is 3. The molecule has 19 heavy (non-hydrogen) atoms. The van der Waals surface area contributed by atoms with Crippen molar-refractivity contribution in [3.05, 3.63) is 45.9 Å². The second-order valence-corrected chi connectivity index (χ2v) is 4.47. The molecule has 0 bridgehead atoms. The first-order chi connectivity index (χ1) is 8.90. The van der Waals surface area contributed by atoms with Crippen molar-refractivity contribution >= 4 is 34.6 Å². The Morgan fingerprint density at radius 3 is 2.32 bits per heavy atom. The quantitative estimate of drug-likeness (QED) is 0.816. The fraction of sp³-hybridized carbons (Fsp3) is 0. The third-order valence-electron chi connectivity index (χ3n) is 2.32. The van der Waals surface area contributed by atoms with Crippen LogP contribution in [-0.2, 0) is 0 Å². The van der Waals surface area contributed by atoms with E-state index < -0.39 is 11.6 Å². The molecule has 7 heteroatoms. The van der Waals surface area contributed by atoms with E-state index in [-0.39, 0.29) is 32.9 Å². The van der Waals surface area contributed by atoms with Gasteiger partial charge in [0.1, 0.15) is 16.6 Å². The van der Waals surface area contributed by atoms with Gasteiger partial charge < -0.3 is 16.2 Å². The molecule has 0 radical (unpaired) electrons. The lowest BCUT2D eigenvalue weighted by molar-refractivity contribution is 0.444. The fourth-order valence-electron chi connectivity index (χ4n) is 1.42. The SMILES string of the molecule is Nc1cc(N)c(Oc2ccc(F)cc2Cl)c(F)c1Cl. The summed E-state index contributed by atoms with van der Waals surface area (Å²) in [5, 5.41) is -0.325. The zero-order valence-corrected chi connectivity index (χ0v) is 10.9. The average Bonchev–Trinajstić information content (AvgIpc) is 2.34. The molecule has 100 valence electrons. The van der Waals surface area contributed by atoms with Crippen LogP contribution in [0.2, 0.25) is 10.0 Å². The number of hydrogen-bond donors (Lipinski definition) is 2. The highest BCUT2D eigenvalue weighted by molar-refractivity contribution is 6.33. The number of rotatable bonds is 2. The van der Waals surface area contributed by atoms with Gasteiger partial charge in [-0.05, 0) is 24.3 Å². The Kier molecular flexibility index (Phi) is 3.68. The molecular formula is C12H8Cl2F2N2O. The van der Waals surface area contributed by atoms with Gasteiger partial charge in [-0.1, -0.05) is 23.2 Å². The summed E-state index contributed by atoms with van der Waals surface area (Å²) in [6, 6.07) is 4.66. The molecule has 0 fully saturated rings. The minimum atomic E-state index is -0.903. The van der Waals surface area contributed by atoms with E-state index in [2.05, 4.69) is 0 Å². The van der Waals surface area contributed by atoms with Crippen LogP contribution in [0.4, 0.5) is 20.2 Å². The minimum Gasteiger partial charge on any atom is -0.450 e. The van der Waals surface area contributed by atoms with Crippen LogP contribution in [-0.4, -0.2) is 0 Å². The maximum Gasteiger partial charge on any atom is 0.188 e. The predicted molar refractivity (Wildman–Crippen MR) is 71.7 cm³/mol. The van der Waals surface area contributed by atoms with Gasteiger partial charge in [0.25, 0.3) is 0 Å². The Balaban J connectivity index is 2.47. The van der Waals surface area contributed by atoms with Crippen LogP contribution in [0.25, 0.3) is 0 Å². The van der Waals surface area contributed by atoms with Gasteiger partial charge in [0, 0.05) is 0 Å². The maximum atomic E-state index is 13.9. The number of benzene rings is 2. The molecule has 0 saturated carbocycles. The highest BCUT2D eigenvalue weighted by Crippen LogP contribution is 2.39. The molecule has 0 heterocycles. The Bertz CT molecular complexity index is 650. The summed E-state index contributed by atoms with van der Waals surface area (Å²) in [6.07, 6.45) is 0. The molecule has 0 aliphatic carbocycles. The molecule has 2 aromatic rings. The standard InChI is InChI=1S/C12H8Cl2F2N2O/c13-6-3-5(15)1-2-9(6)19-12-8(18)4-7(17)10(14)11(12)16/h1-4H,17-18H2. The van der Waals surface area contributed by atoms with Crippen LogP contribution in [0, 0.1) is 11.6 Å². The van der Waals surface area contributed by atoms with Crippen LogP contribution in [0.1, 0.15) is 0 Å². The average molecular weight is 305 g/mol.